The van der Waals surface area contributed by atoms with Crippen molar-refractivity contribution in [3.05, 3.63) is 35.5 Å². The molecule has 1 aromatic carbocycles. The fraction of sp³-hybridized carbons (Fsp3) is 0.400. The predicted molar refractivity (Wildman–Crippen MR) is 74.0 cm³/mol. The van der Waals surface area contributed by atoms with E-state index in [1.165, 1.54) is 16.6 Å². The highest BCUT2D eigenvalue weighted by molar-refractivity contribution is 5.87. The number of benzene rings is 1. The SMILES string of the molecule is CCOC(=O)[C@@H]1Cc2c([nH]c3ccccc23)[C@@H](C)N1. The summed E-state index contributed by atoms with van der Waals surface area (Å²) in [4.78, 5) is 15.4. The quantitative estimate of drug-likeness (QED) is 0.813. The summed E-state index contributed by atoms with van der Waals surface area (Å²) in [7, 11) is 0. The summed E-state index contributed by atoms with van der Waals surface area (Å²) in [6.45, 7) is 4.33. The van der Waals surface area contributed by atoms with Gasteiger partial charge in [0.25, 0.3) is 0 Å². The van der Waals surface area contributed by atoms with Crippen molar-refractivity contribution >= 4 is 16.9 Å². The topological polar surface area (TPSA) is 54.1 Å². The van der Waals surface area contributed by atoms with E-state index in [4.69, 9.17) is 4.74 Å². The number of carbonyl (C=O) groups excluding carboxylic acids is 1. The minimum Gasteiger partial charge on any atom is -0.465 e. The van der Waals surface area contributed by atoms with Gasteiger partial charge in [0.15, 0.2) is 0 Å². The van der Waals surface area contributed by atoms with Gasteiger partial charge in [-0.2, -0.15) is 0 Å². The van der Waals surface area contributed by atoms with Crippen molar-refractivity contribution in [2.24, 2.45) is 0 Å². The number of rotatable bonds is 2. The molecule has 100 valence electrons. The van der Waals surface area contributed by atoms with Gasteiger partial charge >= 0.3 is 5.97 Å². The van der Waals surface area contributed by atoms with Crippen molar-refractivity contribution < 1.29 is 9.53 Å². The standard InChI is InChI=1S/C15H18N2O2/c1-3-19-15(18)13-8-11-10-6-4-5-7-12(10)17-14(11)9(2)16-13/h4-7,9,13,16-17H,3,8H2,1-2H3/t9-,13+/m1/s1. The fourth-order valence-electron chi connectivity index (χ4n) is 2.85. The van der Waals surface area contributed by atoms with Crippen LogP contribution < -0.4 is 5.32 Å². The van der Waals surface area contributed by atoms with Gasteiger partial charge in [-0.1, -0.05) is 18.2 Å². The van der Waals surface area contributed by atoms with E-state index in [1.54, 1.807) is 0 Å². The van der Waals surface area contributed by atoms with Crippen LogP contribution in [0.1, 0.15) is 31.1 Å². The van der Waals surface area contributed by atoms with Crippen molar-refractivity contribution in [3.8, 4) is 0 Å². The minimum atomic E-state index is -0.248. The Kier molecular flexibility index (Phi) is 3.03. The number of hydrogen-bond donors (Lipinski definition) is 2. The van der Waals surface area contributed by atoms with Crippen LogP contribution in [0.3, 0.4) is 0 Å². The molecule has 0 spiro atoms. The third-order valence-electron chi connectivity index (χ3n) is 3.71. The number of esters is 1. The van der Waals surface area contributed by atoms with Gasteiger partial charge in [-0.15, -0.1) is 0 Å². The number of para-hydroxylation sites is 1. The maximum absolute atomic E-state index is 11.9. The van der Waals surface area contributed by atoms with Crippen LogP contribution in [0.15, 0.2) is 24.3 Å². The molecule has 0 bridgehead atoms. The van der Waals surface area contributed by atoms with E-state index >= 15 is 0 Å². The van der Waals surface area contributed by atoms with E-state index in [0.29, 0.717) is 13.0 Å². The second kappa shape index (κ2) is 4.70. The zero-order valence-electron chi connectivity index (χ0n) is 11.2. The highest BCUT2D eigenvalue weighted by Gasteiger charge is 2.31. The predicted octanol–water partition coefficient (Wildman–Crippen LogP) is 2.31. The van der Waals surface area contributed by atoms with Crippen molar-refractivity contribution in [1.82, 2.24) is 10.3 Å². The maximum Gasteiger partial charge on any atom is 0.323 e. The van der Waals surface area contributed by atoms with Crippen LogP contribution in [-0.2, 0) is 16.0 Å². The first-order chi connectivity index (χ1) is 9.20. The molecule has 1 aromatic heterocycles. The van der Waals surface area contributed by atoms with Gasteiger partial charge < -0.3 is 9.72 Å². The van der Waals surface area contributed by atoms with Crippen LogP contribution in [0.4, 0.5) is 0 Å². The Morgan fingerprint density at radius 1 is 1.42 bits per heavy atom. The largest absolute Gasteiger partial charge is 0.465 e. The Labute approximate surface area is 112 Å². The third-order valence-corrected chi connectivity index (χ3v) is 3.71. The van der Waals surface area contributed by atoms with Gasteiger partial charge in [0, 0.05) is 29.1 Å². The highest BCUT2D eigenvalue weighted by atomic mass is 16.5. The van der Waals surface area contributed by atoms with Gasteiger partial charge in [-0.25, -0.2) is 0 Å². The summed E-state index contributed by atoms with van der Waals surface area (Å²) < 4.78 is 5.12. The van der Waals surface area contributed by atoms with Crippen LogP contribution in [0.25, 0.3) is 10.9 Å². The Morgan fingerprint density at radius 3 is 3.00 bits per heavy atom. The monoisotopic (exact) mass is 258 g/mol. The van der Waals surface area contributed by atoms with Crippen LogP contribution >= 0.6 is 0 Å². The van der Waals surface area contributed by atoms with Crippen molar-refractivity contribution in [1.29, 1.82) is 0 Å². The summed E-state index contributed by atoms with van der Waals surface area (Å²) in [6, 6.07) is 8.10. The summed E-state index contributed by atoms with van der Waals surface area (Å²) >= 11 is 0. The summed E-state index contributed by atoms with van der Waals surface area (Å²) in [5, 5.41) is 4.52. The maximum atomic E-state index is 11.9. The lowest BCUT2D eigenvalue weighted by molar-refractivity contribution is -0.146. The number of aromatic nitrogens is 1. The van der Waals surface area contributed by atoms with Crippen molar-refractivity contribution in [3.63, 3.8) is 0 Å². The van der Waals surface area contributed by atoms with Crippen LogP contribution in [-0.4, -0.2) is 23.6 Å². The molecule has 0 radical (unpaired) electrons. The van der Waals surface area contributed by atoms with Gasteiger partial charge in [0.1, 0.15) is 6.04 Å². The number of ether oxygens (including phenoxy) is 1. The molecule has 4 nitrogen and oxygen atoms in total. The van der Waals surface area contributed by atoms with E-state index in [2.05, 4.69) is 29.4 Å². The van der Waals surface area contributed by atoms with Crippen LogP contribution in [0.5, 0.6) is 0 Å². The fourth-order valence-corrected chi connectivity index (χ4v) is 2.85. The average molecular weight is 258 g/mol. The smallest absolute Gasteiger partial charge is 0.323 e. The molecular weight excluding hydrogens is 240 g/mol. The molecule has 2 atom stereocenters. The van der Waals surface area contributed by atoms with Gasteiger partial charge in [-0.3, -0.25) is 10.1 Å². The number of carbonyl (C=O) groups is 1. The van der Waals surface area contributed by atoms with E-state index in [9.17, 15) is 4.79 Å². The average Bonchev–Trinajstić information content (AvgIpc) is 2.78. The number of fused-ring (bicyclic) bond motifs is 3. The lowest BCUT2D eigenvalue weighted by Crippen LogP contribution is -2.44. The minimum absolute atomic E-state index is 0.130. The normalized spacial score (nSPS) is 22.2. The molecule has 0 saturated heterocycles. The Balaban J connectivity index is 2.00. The molecule has 0 amide bonds. The molecule has 0 aliphatic carbocycles. The molecule has 2 heterocycles. The first-order valence-corrected chi connectivity index (χ1v) is 6.73. The van der Waals surface area contributed by atoms with E-state index < -0.39 is 0 Å². The molecule has 4 heteroatoms. The van der Waals surface area contributed by atoms with Crippen LogP contribution in [0, 0.1) is 0 Å². The summed E-state index contributed by atoms with van der Waals surface area (Å²) in [5.74, 6) is -0.162. The summed E-state index contributed by atoms with van der Waals surface area (Å²) in [6.07, 6.45) is 0.683. The molecule has 0 unspecified atom stereocenters. The van der Waals surface area contributed by atoms with E-state index in [1.807, 2.05) is 19.1 Å². The van der Waals surface area contributed by atoms with Gasteiger partial charge in [0.2, 0.25) is 0 Å². The molecule has 1 aliphatic rings. The first kappa shape index (κ1) is 12.2. The lowest BCUT2D eigenvalue weighted by Gasteiger charge is -2.27. The molecule has 19 heavy (non-hydrogen) atoms. The second-order valence-corrected chi connectivity index (χ2v) is 4.96. The molecule has 2 N–H and O–H groups in total. The third kappa shape index (κ3) is 2.02. The Morgan fingerprint density at radius 2 is 2.21 bits per heavy atom. The zero-order valence-corrected chi connectivity index (χ0v) is 11.2. The molecular formula is C15H18N2O2. The van der Waals surface area contributed by atoms with E-state index in [0.717, 1.165) is 5.52 Å². The van der Waals surface area contributed by atoms with Gasteiger partial charge in [-0.05, 0) is 25.5 Å². The Hall–Kier alpha value is -1.81. The highest BCUT2D eigenvalue weighted by Crippen LogP contribution is 2.31. The Bertz CT molecular complexity index is 618. The van der Waals surface area contributed by atoms with Gasteiger partial charge in [0.05, 0.1) is 6.61 Å². The number of aromatic amines is 1. The molecule has 0 saturated carbocycles. The second-order valence-electron chi connectivity index (χ2n) is 4.96. The molecule has 3 rings (SSSR count). The summed E-state index contributed by atoms with van der Waals surface area (Å²) in [5.41, 5.74) is 3.55. The zero-order chi connectivity index (χ0) is 13.4. The van der Waals surface area contributed by atoms with Crippen molar-refractivity contribution in [2.45, 2.75) is 32.4 Å². The molecule has 1 aliphatic heterocycles. The molecule has 0 fully saturated rings. The number of nitrogens with one attached hydrogen (secondary N) is 2. The lowest BCUT2D eigenvalue weighted by atomic mass is 9.95. The van der Waals surface area contributed by atoms with Crippen molar-refractivity contribution in [2.75, 3.05) is 6.61 Å². The van der Waals surface area contributed by atoms with Crippen LogP contribution in [0.2, 0.25) is 0 Å². The number of hydrogen-bond acceptors (Lipinski definition) is 3. The first-order valence-electron chi connectivity index (χ1n) is 6.73. The number of H-pyrrole nitrogens is 1. The molecule has 2 aromatic rings. The van der Waals surface area contributed by atoms with E-state index in [-0.39, 0.29) is 18.1 Å².